The smallest absolute Gasteiger partial charge is 0.162 e. The van der Waals surface area contributed by atoms with Crippen LogP contribution < -0.4 is 0 Å². The minimum absolute atomic E-state index is 0.563. The minimum atomic E-state index is 0.563. The molecule has 0 spiro atoms. The lowest BCUT2D eigenvalue weighted by Gasteiger charge is -2.24. The Kier molecular flexibility index (Phi) is 4.61. The van der Waals surface area contributed by atoms with Crippen LogP contribution in [0.5, 0.6) is 0 Å². The van der Waals surface area contributed by atoms with Gasteiger partial charge >= 0.3 is 0 Å². The predicted molar refractivity (Wildman–Crippen MR) is 101 cm³/mol. The van der Waals surface area contributed by atoms with Gasteiger partial charge in [0.15, 0.2) is 5.65 Å². The molecule has 4 nitrogen and oxygen atoms in total. The molecule has 0 saturated heterocycles. The molecule has 2 aromatic heterocycles. The van der Waals surface area contributed by atoms with Crippen LogP contribution in [0, 0.1) is 0 Å². The van der Waals surface area contributed by atoms with Gasteiger partial charge in [-0.05, 0) is 12.0 Å². The van der Waals surface area contributed by atoms with Gasteiger partial charge in [-0.3, -0.25) is 4.90 Å². The number of rotatable bonds is 6. The summed E-state index contributed by atoms with van der Waals surface area (Å²) in [7, 11) is 0. The number of unbranched alkanes of at least 4 members (excludes halogenated alkanes) is 1. The van der Waals surface area contributed by atoms with Crippen molar-refractivity contribution in [2.75, 3.05) is 6.54 Å². The predicted octanol–water partition coefficient (Wildman–Crippen LogP) is 4.33. The van der Waals surface area contributed by atoms with E-state index in [0.717, 1.165) is 29.9 Å². The largest absolute Gasteiger partial charge is 0.289 e. The average Bonchev–Trinajstić information content (AvgIpc) is 3.27. The molecule has 4 rings (SSSR count). The zero-order valence-electron chi connectivity index (χ0n) is 14.7. The maximum atomic E-state index is 4.70. The van der Waals surface area contributed by atoms with E-state index in [0.29, 0.717) is 6.04 Å². The monoisotopic (exact) mass is 332 g/mol. The summed E-state index contributed by atoms with van der Waals surface area (Å²) in [5.74, 6) is 0. The first-order chi connectivity index (χ1) is 12.3. The number of fused-ring (bicyclic) bond motifs is 1. The van der Waals surface area contributed by atoms with Gasteiger partial charge in [-0.1, -0.05) is 62.2 Å². The van der Waals surface area contributed by atoms with Gasteiger partial charge in [0, 0.05) is 42.7 Å². The molecular formula is C21H24N4. The third-order valence-electron chi connectivity index (χ3n) is 4.90. The van der Waals surface area contributed by atoms with Crippen molar-refractivity contribution in [3.05, 3.63) is 66.6 Å². The Hall–Kier alpha value is -2.46. The minimum Gasteiger partial charge on any atom is -0.289 e. The van der Waals surface area contributed by atoms with E-state index < -0.39 is 0 Å². The normalized spacial score (nSPS) is 17.6. The number of nitrogens with zero attached hydrogens (tertiary/aromatic N) is 4. The average molecular weight is 332 g/mol. The van der Waals surface area contributed by atoms with E-state index in [2.05, 4.69) is 47.4 Å². The number of benzene rings is 1. The molecule has 128 valence electrons. The fourth-order valence-electron chi connectivity index (χ4n) is 3.54. The molecule has 0 radical (unpaired) electrons. The Morgan fingerprint density at radius 3 is 2.88 bits per heavy atom. The highest BCUT2D eigenvalue weighted by molar-refractivity contribution is 5.76. The SMILES string of the molecule is CCCC[C@H]1C=CCN1Cc1cnc2c(-c3ccccc3)cnn2c1. The fourth-order valence-corrected chi connectivity index (χ4v) is 3.54. The molecule has 0 bridgehead atoms. The van der Waals surface area contributed by atoms with E-state index in [1.54, 1.807) is 0 Å². The van der Waals surface area contributed by atoms with Crippen LogP contribution in [-0.2, 0) is 6.54 Å². The molecule has 25 heavy (non-hydrogen) atoms. The summed E-state index contributed by atoms with van der Waals surface area (Å²) < 4.78 is 1.90. The standard InChI is InChI=1S/C21H24N4/c1-2-3-10-19-11-7-12-24(19)15-17-13-22-21-20(14-23-25(21)16-17)18-8-5-4-6-9-18/h4-9,11,13-14,16,19H,2-3,10,12,15H2,1H3/t19-/m0/s1. The topological polar surface area (TPSA) is 33.4 Å². The van der Waals surface area contributed by atoms with Gasteiger partial charge in [0.2, 0.25) is 0 Å². The summed E-state index contributed by atoms with van der Waals surface area (Å²) in [6.07, 6.45) is 14.4. The van der Waals surface area contributed by atoms with E-state index in [4.69, 9.17) is 4.98 Å². The lowest BCUT2D eigenvalue weighted by molar-refractivity contribution is 0.249. The van der Waals surface area contributed by atoms with Gasteiger partial charge < -0.3 is 0 Å². The number of hydrogen-bond acceptors (Lipinski definition) is 3. The highest BCUT2D eigenvalue weighted by Crippen LogP contribution is 2.24. The summed E-state index contributed by atoms with van der Waals surface area (Å²) in [5, 5.41) is 4.52. The molecular weight excluding hydrogens is 308 g/mol. The van der Waals surface area contributed by atoms with E-state index in [-0.39, 0.29) is 0 Å². The van der Waals surface area contributed by atoms with Crippen LogP contribution in [0.25, 0.3) is 16.8 Å². The first-order valence-corrected chi connectivity index (χ1v) is 9.13. The third-order valence-corrected chi connectivity index (χ3v) is 4.90. The van der Waals surface area contributed by atoms with Crippen molar-refractivity contribution in [2.24, 2.45) is 0 Å². The Labute approximate surface area is 148 Å². The Balaban J connectivity index is 1.54. The lowest BCUT2D eigenvalue weighted by atomic mass is 10.1. The van der Waals surface area contributed by atoms with Crippen LogP contribution in [0.3, 0.4) is 0 Å². The second-order valence-electron chi connectivity index (χ2n) is 6.72. The molecule has 0 saturated carbocycles. The molecule has 0 N–H and O–H groups in total. The van der Waals surface area contributed by atoms with Crippen molar-refractivity contribution in [1.82, 2.24) is 19.5 Å². The quantitative estimate of drug-likeness (QED) is 0.630. The zero-order chi connectivity index (χ0) is 17.1. The van der Waals surface area contributed by atoms with E-state index in [1.165, 1.54) is 24.8 Å². The van der Waals surface area contributed by atoms with Gasteiger partial charge in [0.1, 0.15) is 0 Å². The summed E-state index contributed by atoms with van der Waals surface area (Å²) >= 11 is 0. The van der Waals surface area contributed by atoms with Gasteiger partial charge in [-0.15, -0.1) is 0 Å². The second-order valence-corrected chi connectivity index (χ2v) is 6.72. The van der Waals surface area contributed by atoms with E-state index in [9.17, 15) is 0 Å². The van der Waals surface area contributed by atoms with Crippen LogP contribution in [0.15, 0.2) is 61.1 Å². The van der Waals surface area contributed by atoms with Crippen LogP contribution in [0.4, 0.5) is 0 Å². The molecule has 1 aliphatic heterocycles. The Morgan fingerprint density at radius 1 is 1.16 bits per heavy atom. The molecule has 0 unspecified atom stereocenters. The molecule has 4 heteroatoms. The van der Waals surface area contributed by atoms with Gasteiger partial charge in [-0.2, -0.15) is 5.10 Å². The first-order valence-electron chi connectivity index (χ1n) is 9.13. The maximum Gasteiger partial charge on any atom is 0.162 e. The van der Waals surface area contributed by atoms with Crippen LogP contribution >= 0.6 is 0 Å². The van der Waals surface area contributed by atoms with Crippen molar-refractivity contribution in [3.63, 3.8) is 0 Å². The van der Waals surface area contributed by atoms with Crippen LogP contribution in [0.2, 0.25) is 0 Å². The van der Waals surface area contributed by atoms with Crippen molar-refractivity contribution in [3.8, 4) is 11.1 Å². The molecule has 1 aliphatic rings. The molecule has 0 aliphatic carbocycles. The highest BCUT2D eigenvalue weighted by atomic mass is 15.2. The first kappa shape index (κ1) is 16.0. The molecule has 0 fully saturated rings. The highest BCUT2D eigenvalue weighted by Gasteiger charge is 2.19. The summed E-state index contributed by atoms with van der Waals surface area (Å²) in [6, 6.07) is 10.9. The van der Waals surface area contributed by atoms with E-state index >= 15 is 0 Å². The number of aromatic nitrogens is 3. The third kappa shape index (κ3) is 3.35. The van der Waals surface area contributed by atoms with Crippen LogP contribution in [0.1, 0.15) is 31.7 Å². The Morgan fingerprint density at radius 2 is 2.04 bits per heavy atom. The van der Waals surface area contributed by atoms with E-state index in [1.807, 2.05) is 35.1 Å². The van der Waals surface area contributed by atoms with Crippen molar-refractivity contribution in [2.45, 2.75) is 38.8 Å². The van der Waals surface area contributed by atoms with Crippen molar-refractivity contribution in [1.29, 1.82) is 0 Å². The van der Waals surface area contributed by atoms with Gasteiger partial charge in [0.25, 0.3) is 0 Å². The molecule has 1 aromatic carbocycles. The van der Waals surface area contributed by atoms with Crippen molar-refractivity contribution >= 4 is 5.65 Å². The fraction of sp³-hybridized carbons (Fsp3) is 0.333. The summed E-state index contributed by atoms with van der Waals surface area (Å²) in [5.41, 5.74) is 4.36. The maximum absolute atomic E-state index is 4.70. The summed E-state index contributed by atoms with van der Waals surface area (Å²) in [6.45, 7) is 4.20. The molecule has 3 aromatic rings. The van der Waals surface area contributed by atoms with Crippen molar-refractivity contribution < 1.29 is 0 Å². The second kappa shape index (κ2) is 7.19. The van der Waals surface area contributed by atoms with Crippen LogP contribution in [-0.4, -0.2) is 32.1 Å². The number of hydrogen-bond donors (Lipinski definition) is 0. The lowest BCUT2D eigenvalue weighted by Crippen LogP contribution is -2.29. The molecule has 3 heterocycles. The van der Waals surface area contributed by atoms with Gasteiger partial charge in [-0.25, -0.2) is 9.50 Å². The Bertz CT molecular complexity index is 866. The molecule has 1 atom stereocenters. The zero-order valence-corrected chi connectivity index (χ0v) is 14.7. The summed E-state index contributed by atoms with van der Waals surface area (Å²) in [4.78, 5) is 7.21. The molecule has 0 amide bonds. The van der Waals surface area contributed by atoms with Gasteiger partial charge in [0.05, 0.1) is 6.20 Å².